The van der Waals surface area contributed by atoms with Crippen LogP contribution >= 0.6 is 0 Å². The van der Waals surface area contributed by atoms with Crippen LogP contribution in [0.5, 0.6) is 0 Å². The maximum Gasteiger partial charge on any atom is 0.0705 e. The minimum absolute atomic E-state index is 0.157. The molecular weight excluding hydrogens is 256 g/mol. The molecule has 2 aromatic rings. The van der Waals surface area contributed by atoms with Gasteiger partial charge in [0.25, 0.3) is 0 Å². The molecule has 2 nitrogen and oxygen atoms in total. The van der Waals surface area contributed by atoms with Crippen molar-refractivity contribution in [3.63, 3.8) is 0 Å². The minimum Gasteiger partial charge on any atom is -0.324 e. The summed E-state index contributed by atoms with van der Waals surface area (Å²) in [6.45, 7) is 4.69. The predicted octanol–water partition coefficient (Wildman–Crippen LogP) is 4.70. The van der Waals surface area contributed by atoms with E-state index in [2.05, 4.69) is 43.1 Å². The summed E-state index contributed by atoms with van der Waals surface area (Å²) in [5.41, 5.74) is 8.86. The van der Waals surface area contributed by atoms with Crippen molar-refractivity contribution in [3.05, 3.63) is 42.1 Å². The molecule has 1 unspecified atom stereocenters. The average Bonchev–Trinajstić information content (AvgIpc) is 2.54. The molecule has 0 bridgehead atoms. The van der Waals surface area contributed by atoms with E-state index in [4.69, 9.17) is 5.73 Å². The van der Waals surface area contributed by atoms with Crippen LogP contribution in [-0.2, 0) is 0 Å². The molecule has 1 aromatic heterocycles. The lowest BCUT2D eigenvalue weighted by Gasteiger charge is -2.34. The maximum absolute atomic E-state index is 6.55. The first-order valence-corrected chi connectivity index (χ1v) is 8.25. The van der Waals surface area contributed by atoms with Crippen molar-refractivity contribution in [2.45, 2.75) is 45.6 Å². The molecule has 1 aliphatic rings. The summed E-state index contributed by atoms with van der Waals surface area (Å²) in [5, 5.41) is 1.19. The van der Waals surface area contributed by atoms with Crippen LogP contribution in [0.2, 0.25) is 0 Å². The zero-order chi connectivity index (χ0) is 14.8. The van der Waals surface area contributed by atoms with Gasteiger partial charge < -0.3 is 5.73 Å². The van der Waals surface area contributed by atoms with Crippen LogP contribution in [-0.4, -0.2) is 4.98 Å². The van der Waals surface area contributed by atoms with E-state index in [0.29, 0.717) is 5.92 Å². The first-order valence-electron chi connectivity index (χ1n) is 8.25. The Hall–Kier alpha value is -1.41. The number of nitrogens with two attached hydrogens (primary N) is 1. The van der Waals surface area contributed by atoms with Crippen LogP contribution in [0.4, 0.5) is 0 Å². The topological polar surface area (TPSA) is 38.9 Å². The van der Waals surface area contributed by atoms with Gasteiger partial charge in [0.05, 0.1) is 5.52 Å². The van der Waals surface area contributed by atoms with E-state index in [-0.39, 0.29) is 6.04 Å². The summed E-state index contributed by atoms with van der Waals surface area (Å²) in [4.78, 5) is 4.45. The molecular formula is C19H26N2. The molecule has 3 rings (SSSR count). The predicted molar refractivity (Wildman–Crippen MR) is 89.0 cm³/mol. The Kier molecular flexibility index (Phi) is 4.25. The van der Waals surface area contributed by atoms with Crippen LogP contribution < -0.4 is 5.73 Å². The molecule has 0 aliphatic heterocycles. The second-order valence-corrected chi connectivity index (χ2v) is 6.90. The highest BCUT2D eigenvalue weighted by Gasteiger charge is 2.27. The molecule has 0 radical (unpaired) electrons. The molecule has 1 aliphatic carbocycles. The normalized spacial score (nSPS) is 24.4. The van der Waals surface area contributed by atoms with Gasteiger partial charge in [-0.3, -0.25) is 4.98 Å². The summed E-state index contributed by atoms with van der Waals surface area (Å²) >= 11 is 0. The molecule has 112 valence electrons. The highest BCUT2D eigenvalue weighted by Crippen LogP contribution is 2.38. The SMILES string of the molecule is CC(C)C1CCC(C(N)c2ccc3cccnc3c2)CC1. The van der Waals surface area contributed by atoms with Gasteiger partial charge in [-0.25, -0.2) is 0 Å². The average molecular weight is 282 g/mol. The van der Waals surface area contributed by atoms with E-state index >= 15 is 0 Å². The lowest BCUT2D eigenvalue weighted by atomic mass is 9.73. The number of rotatable bonds is 3. The number of nitrogens with zero attached hydrogens (tertiary/aromatic N) is 1. The Morgan fingerprint density at radius 3 is 2.48 bits per heavy atom. The number of pyridine rings is 1. The highest BCUT2D eigenvalue weighted by atomic mass is 14.7. The fourth-order valence-corrected chi connectivity index (χ4v) is 3.73. The van der Waals surface area contributed by atoms with Gasteiger partial charge in [-0.2, -0.15) is 0 Å². The molecule has 1 atom stereocenters. The molecule has 0 amide bonds. The van der Waals surface area contributed by atoms with Gasteiger partial charge in [0.1, 0.15) is 0 Å². The summed E-state index contributed by atoms with van der Waals surface area (Å²) < 4.78 is 0. The largest absolute Gasteiger partial charge is 0.324 e. The van der Waals surface area contributed by atoms with Gasteiger partial charge in [0.2, 0.25) is 0 Å². The Balaban J connectivity index is 1.73. The van der Waals surface area contributed by atoms with Crippen molar-refractivity contribution in [1.82, 2.24) is 4.98 Å². The van der Waals surface area contributed by atoms with Crippen molar-refractivity contribution in [1.29, 1.82) is 0 Å². The van der Waals surface area contributed by atoms with E-state index < -0.39 is 0 Å². The number of benzene rings is 1. The third kappa shape index (κ3) is 3.11. The minimum atomic E-state index is 0.157. The smallest absolute Gasteiger partial charge is 0.0705 e. The van der Waals surface area contributed by atoms with Crippen LogP contribution in [0.25, 0.3) is 10.9 Å². The zero-order valence-corrected chi connectivity index (χ0v) is 13.1. The van der Waals surface area contributed by atoms with E-state index in [9.17, 15) is 0 Å². The Labute approximate surface area is 127 Å². The van der Waals surface area contributed by atoms with E-state index in [1.54, 1.807) is 0 Å². The summed E-state index contributed by atoms with van der Waals surface area (Å²) in [7, 11) is 0. The molecule has 1 fully saturated rings. The van der Waals surface area contributed by atoms with Gasteiger partial charge in [0, 0.05) is 17.6 Å². The monoisotopic (exact) mass is 282 g/mol. The van der Waals surface area contributed by atoms with Crippen LogP contribution in [0.15, 0.2) is 36.5 Å². The second-order valence-electron chi connectivity index (χ2n) is 6.90. The standard InChI is InChI=1S/C19H26N2/c1-13(2)14-5-8-16(9-6-14)19(20)17-10-7-15-4-3-11-21-18(15)12-17/h3-4,7,10-14,16,19H,5-6,8-9,20H2,1-2H3. The molecule has 0 spiro atoms. The first-order chi connectivity index (χ1) is 10.1. The van der Waals surface area contributed by atoms with E-state index in [1.165, 1.54) is 36.6 Å². The quantitative estimate of drug-likeness (QED) is 0.886. The third-order valence-electron chi connectivity index (χ3n) is 5.28. The Morgan fingerprint density at radius 2 is 1.76 bits per heavy atom. The summed E-state index contributed by atoms with van der Waals surface area (Å²) in [6.07, 6.45) is 7.06. The lowest BCUT2D eigenvalue weighted by molar-refractivity contribution is 0.204. The second kappa shape index (κ2) is 6.15. The number of fused-ring (bicyclic) bond motifs is 1. The highest BCUT2D eigenvalue weighted by molar-refractivity contribution is 5.78. The summed E-state index contributed by atoms with van der Waals surface area (Å²) in [6, 6.07) is 10.7. The van der Waals surface area contributed by atoms with Crippen LogP contribution in [0.3, 0.4) is 0 Å². The first kappa shape index (κ1) is 14.5. The molecule has 1 aromatic carbocycles. The van der Waals surface area contributed by atoms with E-state index in [1.807, 2.05) is 12.3 Å². The van der Waals surface area contributed by atoms with Gasteiger partial charge in [-0.15, -0.1) is 0 Å². The third-order valence-corrected chi connectivity index (χ3v) is 5.28. The fourth-order valence-electron chi connectivity index (χ4n) is 3.73. The van der Waals surface area contributed by atoms with Gasteiger partial charge in [-0.05, 0) is 61.1 Å². The van der Waals surface area contributed by atoms with Crippen molar-refractivity contribution in [2.75, 3.05) is 0 Å². The molecule has 0 saturated heterocycles. The van der Waals surface area contributed by atoms with Crippen molar-refractivity contribution >= 4 is 10.9 Å². The molecule has 21 heavy (non-hydrogen) atoms. The molecule has 2 heteroatoms. The zero-order valence-electron chi connectivity index (χ0n) is 13.1. The maximum atomic E-state index is 6.55. The molecule has 2 N–H and O–H groups in total. The summed E-state index contributed by atoms with van der Waals surface area (Å²) in [5.74, 6) is 2.33. The van der Waals surface area contributed by atoms with Crippen molar-refractivity contribution in [2.24, 2.45) is 23.5 Å². The molecule has 1 heterocycles. The van der Waals surface area contributed by atoms with Gasteiger partial charge in [0.15, 0.2) is 0 Å². The van der Waals surface area contributed by atoms with E-state index in [0.717, 1.165) is 17.4 Å². The van der Waals surface area contributed by atoms with Gasteiger partial charge >= 0.3 is 0 Å². The van der Waals surface area contributed by atoms with Gasteiger partial charge in [-0.1, -0.05) is 32.0 Å². The van der Waals surface area contributed by atoms with Crippen molar-refractivity contribution < 1.29 is 0 Å². The number of aromatic nitrogens is 1. The fraction of sp³-hybridized carbons (Fsp3) is 0.526. The Bertz CT molecular complexity index is 597. The number of hydrogen-bond donors (Lipinski definition) is 1. The van der Waals surface area contributed by atoms with Crippen LogP contribution in [0, 0.1) is 17.8 Å². The van der Waals surface area contributed by atoms with Crippen LogP contribution in [0.1, 0.15) is 51.1 Å². The van der Waals surface area contributed by atoms with Crippen molar-refractivity contribution in [3.8, 4) is 0 Å². The lowest BCUT2D eigenvalue weighted by Crippen LogP contribution is -2.27. The molecule has 1 saturated carbocycles. The Morgan fingerprint density at radius 1 is 1.05 bits per heavy atom. The number of hydrogen-bond acceptors (Lipinski definition) is 2.